The number of rotatable bonds is 6. The largest absolute Gasteiger partial charge is 0.346 e. The number of piperidine rings is 1. The minimum absolute atomic E-state index is 0.193. The average Bonchev–Trinajstić information content (AvgIpc) is 2.71. The van der Waals surface area contributed by atoms with Crippen LogP contribution >= 0.6 is 15.2 Å². The first-order chi connectivity index (χ1) is 12.4. The first kappa shape index (κ1) is 19.9. The zero-order chi connectivity index (χ0) is 18.9. The summed E-state index contributed by atoms with van der Waals surface area (Å²) in [5, 5.41) is 3.35. The molecule has 1 fully saturated rings. The molecular weight excluding hydrogens is 378 g/mol. The predicted molar refractivity (Wildman–Crippen MR) is 98.1 cm³/mol. The van der Waals surface area contributed by atoms with E-state index in [9.17, 15) is 9.13 Å². The number of pyridine rings is 1. The molecule has 0 saturated carbocycles. The summed E-state index contributed by atoms with van der Waals surface area (Å²) in [5.41, 5.74) is 1.24. The molecule has 10 heteroatoms. The third-order valence-corrected chi connectivity index (χ3v) is 9.66. The van der Waals surface area contributed by atoms with E-state index in [0.29, 0.717) is 0 Å². The lowest BCUT2D eigenvalue weighted by Crippen LogP contribution is -2.49. The van der Waals surface area contributed by atoms with Gasteiger partial charge in [-0.15, -0.1) is 0 Å². The fourth-order valence-electron chi connectivity index (χ4n) is 3.78. The van der Waals surface area contributed by atoms with Crippen molar-refractivity contribution in [2.24, 2.45) is 5.92 Å². The Hall–Kier alpha value is -0.850. The van der Waals surface area contributed by atoms with Gasteiger partial charge in [-0.2, -0.15) is 0 Å². The van der Waals surface area contributed by atoms with Gasteiger partial charge in [0.05, 0.1) is 17.4 Å². The van der Waals surface area contributed by atoms with Crippen LogP contribution in [0, 0.1) is 5.92 Å². The van der Waals surface area contributed by atoms with Crippen LogP contribution in [0.15, 0.2) is 24.4 Å². The molecular formula is C16H24N2O6P2. The number of nitrogens with one attached hydrogen (secondary N) is 1. The lowest BCUT2D eigenvalue weighted by Gasteiger charge is -2.45. The molecule has 0 bridgehead atoms. The van der Waals surface area contributed by atoms with Crippen molar-refractivity contribution in [2.45, 2.75) is 23.9 Å². The van der Waals surface area contributed by atoms with E-state index in [4.69, 9.17) is 18.1 Å². The van der Waals surface area contributed by atoms with Crippen LogP contribution in [0.1, 0.15) is 23.7 Å². The summed E-state index contributed by atoms with van der Waals surface area (Å²) in [5.74, 6) is -0.856. The van der Waals surface area contributed by atoms with Gasteiger partial charge in [-0.3, -0.25) is 19.4 Å². The highest BCUT2D eigenvalue weighted by Gasteiger charge is 2.53. The summed E-state index contributed by atoms with van der Waals surface area (Å²) in [6.07, 6.45) is 5.90. The van der Waals surface area contributed by atoms with E-state index >= 15 is 0 Å². The topological polar surface area (TPSA) is 96.0 Å². The van der Waals surface area contributed by atoms with Crippen LogP contribution in [0.25, 0.3) is 6.08 Å². The fraction of sp³-hybridized carbons (Fsp3) is 0.562. The molecule has 144 valence electrons. The summed E-state index contributed by atoms with van der Waals surface area (Å²) in [6.45, 7) is 0. The number of hydrogen-bond acceptors (Lipinski definition) is 8. The maximum Gasteiger partial charge on any atom is 0.346 e. The SMILES string of the molecule is COP(=O)(OC)C1CC(P(=O)(OC)OC)C2C=Cc3cccnc3C2N1. The van der Waals surface area contributed by atoms with Crippen LogP contribution in [0.4, 0.5) is 0 Å². The highest BCUT2D eigenvalue weighted by Crippen LogP contribution is 2.64. The highest BCUT2D eigenvalue weighted by atomic mass is 31.2. The van der Waals surface area contributed by atoms with Gasteiger partial charge < -0.3 is 18.1 Å². The third-order valence-electron chi connectivity index (χ3n) is 5.14. The molecule has 4 unspecified atom stereocenters. The molecule has 8 nitrogen and oxygen atoms in total. The van der Waals surface area contributed by atoms with Crippen LogP contribution < -0.4 is 5.32 Å². The summed E-state index contributed by atoms with van der Waals surface area (Å²) < 4.78 is 47.2. The number of hydrogen-bond donors (Lipinski definition) is 1. The molecule has 1 aromatic heterocycles. The first-order valence-electron chi connectivity index (χ1n) is 8.24. The van der Waals surface area contributed by atoms with Crippen LogP contribution in [-0.2, 0) is 27.2 Å². The van der Waals surface area contributed by atoms with Gasteiger partial charge in [0.25, 0.3) is 0 Å². The standard InChI is InChI=1S/C16H24N2O6P2/c1-21-25(19,22-2)13-10-14(26(20,23-3)24-4)18-16-12(13)8-7-11-6-5-9-17-15(11)16/h5-9,12-14,16,18H,10H2,1-4H3. The average molecular weight is 402 g/mol. The maximum atomic E-state index is 13.2. The fourth-order valence-corrected chi connectivity index (χ4v) is 7.28. The second kappa shape index (κ2) is 7.64. The zero-order valence-corrected chi connectivity index (χ0v) is 17.0. The Balaban J connectivity index is 2.08. The van der Waals surface area contributed by atoms with E-state index in [1.165, 1.54) is 28.4 Å². The van der Waals surface area contributed by atoms with Crippen LogP contribution in [-0.4, -0.2) is 44.9 Å². The number of fused-ring (bicyclic) bond motifs is 3. The molecule has 26 heavy (non-hydrogen) atoms. The molecule has 1 N–H and O–H groups in total. The van der Waals surface area contributed by atoms with Crippen molar-refractivity contribution in [3.63, 3.8) is 0 Å². The van der Waals surface area contributed by atoms with E-state index < -0.39 is 26.6 Å². The Morgan fingerprint density at radius 1 is 1.08 bits per heavy atom. The second-order valence-electron chi connectivity index (χ2n) is 6.19. The van der Waals surface area contributed by atoms with Gasteiger partial charge in [0, 0.05) is 40.6 Å². The van der Waals surface area contributed by atoms with E-state index in [0.717, 1.165) is 11.3 Å². The van der Waals surface area contributed by atoms with Crippen LogP contribution in [0.5, 0.6) is 0 Å². The van der Waals surface area contributed by atoms with E-state index in [1.807, 2.05) is 24.3 Å². The van der Waals surface area contributed by atoms with Crippen LogP contribution in [0.3, 0.4) is 0 Å². The third kappa shape index (κ3) is 3.25. The quantitative estimate of drug-likeness (QED) is 0.723. The van der Waals surface area contributed by atoms with Crippen molar-refractivity contribution < 1.29 is 27.2 Å². The molecule has 1 aromatic rings. The van der Waals surface area contributed by atoms with Crippen LogP contribution in [0.2, 0.25) is 0 Å². The minimum Gasteiger partial charge on any atom is -0.312 e. The van der Waals surface area contributed by atoms with Crippen molar-refractivity contribution >= 4 is 21.3 Å². The second-order valence-corrected chi connectivity index (χ2v) is 11.1. The Kier molecular flexibility index (Phi) is 5.85. The Morgan fingerprint density at radius 3 is 2.35 bits per heavy atom. The van der Waals surface area contributed by atoms with E-state index in [-0.39, 0.29) is 18.4 Å². The Labute approximate surface area is 153 Å². The summed E-state index contributed by atoms with van der Waals surface area (Å²) >= 11 is 0. The first-order valence-corrected chi connectivity index (χ1v) is 11.5. The van der Waals surface area contributed by atoms with Gasteiger partial charge in [0.2, 0.25) is 0 Å². The van der Waals surface area contributed by atoms with Crippen molar-refractivity contribution in [3.8, 4) is 0 Å². The van der Waals surface area contributed by atoms with Crippen molar-refractivity contribution in [3.05, 3.63) is 35.7 Å². The maximum absolute atomic E-state index is 13.2. The van der Waals surface area contributed by atoms with Crippen molar-refractivity contribution in [2.75, 3.05) is 28.4 Å². The lowest BCUT2D eigenvalue weighted by atomic mass is 9.82. The Morgan fingerprint density at radius 2 is 1.73 bits per heavy atom. The number of aromatic nitrogens is 1. The Bertz CT molecular complexity index is 770. The summed E-state index contributed by atoms with van der Waals surface area (Å²) in [6, 6.07) is 3.50. The molecule has 0 aromatic carbocycles. The highest BCUT2D eigenvalue weighted by molar-refractivity contribution is 7.55. The lowest BCUT2D eigenvalue weighted by molar-refractivity contribution is 0.201. The zero-order valence-electron chi connectivity index (χ0n) is 15.2. The monoisotopic (exact) mass is 402 g/mol. The molecule has 1 aliphatic heterocycles. The molecule has 1 saturated heterocycles. The van der Waals surface area contributed by atoms with Gasteiger partial charge >= 0.3 is 15.2 Å². The van der Waals surface area contributed by atoms with E-state index in [1.54, 1.807) is 6.20 Å². The molecule has 0 radical (unpaired) electrons. The minimum atomic E-state index is -3.45. The molecule has 0 amide bonds. The van der Waals surface area contributed by atoms with Gasteiger partial charge in [-0.05, 0) is 18.1 Å². The van der Waals surface area contributed by atoms with E-state index in [2.05, 4.69) is 10.3 Å². The molecule has 2 aliphatic rings. The van der Waals surface area contributed by atoms with Gasteiger partial charge in [0.15, 0.2) is 0 Å². The number of nitrogens with zero attached hydrogens (tertiary/aromatic N) is 1. The summed E-state index contributed by atoms with van der Waals surface area (Å²) in [7, 11) is -1.49. The van der Waals surface area contributed by atoms with Gasteiger partial charge in [0.1, 0.15) is 5.78 Å². The molecule has 4 atom stereocenters. The molecule has 2 heterocycles. The van der Waals surface area contributed by atoms with Gasteiger partial charge in [-0.25, -0.2) is 0 Å². The van der Waals surface area contributed by atoms with Crippen molar-refractivity contribution in [1.29, 1.82) is 0 Å². The smallest absolute Gasteiger partial charge is 0.312 e. The predicted octanol–water partition coefficient (Wildman–Crippen LogP) is 3.43. The van der Waals surface area contributed by atoms with Gasteiger partial charge in [-0.1, -0.05) is 18.2 Å². The molecule has 0 spiro atoms. The molecule has 1 aliphatic carbocycles. The van der Waals surface area contributed by atoms with Crippen molar-refractivity contribution in [1.82, 2.24) is 10.3 Å². The molecule has 3 rings (SSSR count). The normalized spacial score (nSPS) is 28.5. The summed E-state index contributed by atoms with van der Waals surface area (Å²) in [4.78, 5) is 4.48.